The van der Waals surface area contributed by atoms with Gasteiger partial charge in [-0.3, -0.25) is 9.78 Å². The number of rotatable bonds is 11. The van der Waals surface area contributed by atoms with Gasteiger partial charge in [0.1, 0.15) is 17.5 Å². The molecule has 12 heteroatoms. The van der Waals surface area contributed by atoms with E-state index in [2.05, 4.69) is 15.6 Å². The van der Waals surface area contributed by atoms with Crippen molar-refractivity contribution in [2.24, 2.45) is 5.73 Å². The summed E-state index contributed by atoms with van der Waals surface area (Å²) in [4.78, 5) is 17.4. The second-order valence-corrected chi connectivity index (χ2v) is 13.5. The topological polar surface area (TPSA) is 117 Å². The number of hydrogen-bond acceptors (Lipinski definition) is 6. The summed E-state index contributed by atoms with van der Waals surface area (Å²) < 4.78 is 70.5. The zero-order chi connectivity index (χ0) is 30.7. The maximum absolute atomic E-state index is 15.0. The quantitative estimate of drug-likeness (QED) is 0.300. The fraction of sp³-hybridized carbons (Fsp3) is 0.419. The van der Waals surface area contributed by atoms with E-state index < -0.39 is 45.3 Å². The third-order valence-corrected chi connectivity index (χ3v) is 10.6. The zero-order valence-corrected chi connectivity index (χ0v) is 24.7. The second kappa shape index (κ2) is 13.1. The molecule has 1 aliphatic heterocycles. The molecule has 1 saturated carbocycles. The SMILES string of the molecule is Cc1cc(F)cc([C@H](c2ccc(F)cc2)[C@H](N)C(=O)Nc2cncc(F)c2CCC[C@H]2CNCCN2S(=O)(=O)C2CC2)c1. The molecular formula is C31H36F3N5O3S. The predicted molar refractivity (Wildman–Crippen MR) is 158 cm³/mol. The van der Waals surface area contributed by atoms with Gasteiger partial charge in [-0.25, -0.2) is 21.6 Å². The highest BCUT2D eigenvalue weighted by Crippen LogP contribution is 2.34. The van der Waals surface area contributed by atoms with Crippen LogP contribution in [0.25, 0.3) is 0 Å². The maximum atomic E-state index is 15.0. The van der Waals surface area contributed by atoms with Crippen LogP contribution in [0.4, 0.5) is 18.9 Å². The van der Waals surface area contributed by atoms with Gasteiger partial charge >= 0.3 is 0 Å². The standard InChI is InChI=1S/C31H36F3N5O3S/c1-19-13-21(15-23(33)14-19)29(20-5-7-22(32)8-6-20)30(35)31(40)38-28-18-37-17-27(34)26(28)4-2-3-24-16-36-11-12-39(24)43(41,42)25-9-10-25/h5-8,13-15,17-18,24-25,29-30,36H,2-4,9-12,16,35H2,1H3,(H,38,40)/t24-,29-,30-/m0/s1. The predicted octanol–water partition coefficient (Wildman–Crippen LogP) is 3.99. The van der Waals surface area contributed by atoms with Crippen molar-refractivity contribution in [2.75, 3.05) is 25.0 Å². The number of pyridine rings is 1. The van der Waals surface area contributed by atoms with Gasteiger partial charge in [0.25, 0.3) is 0 Å². The van der Waals surface area contributed by atoms with E-state index in [0.717, 1.165) is 6.20 Å². The highest BCUT2D eigenvalue weighted by Gasteiger charge is 2.43. The average Bonchev–Trinajstić information content (AvgIpc) is 3.82. The number of carbonyl (C=O) groups is 1. The number of aromatic nitrogens is 1. The van der Waals surface area contributed by atoms with Crippen LogP contribution in [0.3, 0.4) is 0 Å². The molecule has 0 spiro atoms. The minimum atomic E-state index is -3.34. The van der Waals surface area contributed by atoms with Crippen LogP contribution >= 0.6 is 0 Å². The Bertz CT molecular complexity index is 1550. The summed E-state index contributed by atoms with van der Waals surface area (Å²) in [6.45, 7) is 3.24. The number of sulfonamides is 1. The molecule has 230 valence electrons. The number of nitrogens with zero attached hydrogens (tertiary/aromatic N) is 2. The number of nitrogens with two attached hydrogens (primary N) is 1. The van der Waals surface area contributed by atoms with Gasteiger partial charge in [0.2, 0.25) is 15.9 Å². The fourth-order valence-electron chi connectivity index (χ4n) is 5.81. The first-order valence-electron chi connectivity index (χ1n) is 14.5. The number of amides is 1. The van der Waals surface area contributed by atoms with Gasteiger partial charge in [-0.2, -0.15) is 4.31 Å². The third kappa shape index (κ3) is 7.26. The molecule has 3 atom stereocenters. The van der Waals surface area contributed by atoms with Crippen molar-refractivity contribution in [2.45, 2.75) is 62.3 Å². The molecule has 3 aromatic rings. The van der Waals surface area contributed by atoms with Crippen LogP contribution in [0.1, 0.15) is 53.9 Å². The molecule has 2 aromatic carbocycles. The smallest absolute Gasteiger partial charge is 0.242 e. The van der Waals surface area contributed by atoms with Crippen LogP contribution in [0.5, 0.6) is 0 Å². The molecular weight excluding hydrogens is 579 g/mol. The lowest BCUT2D eigenvalue weighted by molar-refractivity contribution is -0.117. The Kier molecular flexibility index (Phi) is 9.50. The van der Waals surface area contributed by atoms with Gasteiger partial charge in [0.05, 0.1) is 29.4 Å². The van der Waals surface area contributed by atoms with Crippen LogP contribution < -0.4 is 16.4 Å². The van der Waals surface area contributed by atoms with Crippen molar-refractivity contribution in [1.29, 1.82) is 0 Å². The normalized spacial score (nSPS) is 19.1. The minimum Gasteiger partial charge on any atom is -0.323 e. The summed E-state index contributed by atoms with van der Waals surface area (Å²) in [5.41, 5.74) is 8.44. The molecule has 1 amide bonds. The Morgan fingerprint density at radius 2 is 1.84 bits per heavy atom. The van der Waals surface area contributed by atoms with Crippen LogP contribution in [-0.4, -0.2) is 60.6 Å². The van der Waals surface area contributed by atoms with E-state index in [0.29, 0.717) is 62.0 Å². The van der Waals surface area contributed by atoms with E-state index >= 15 is 4.39 Å². The Morgan fingerprint density at radius 1 is 1.09 bits per heavy atom. The van der Waals surface area contributed by atoms with Crippen molar-refractivity contribution in [3.8, 4) is 0 Å². The molecule has 2 heterocycles. The largest absolute Gasteiger partial charge is 0.323 e. The van der Waals surface area contributed by atoms with E-state index in [4.69, 9.17) is 5.73 Å². The first kappa shape index (κ1) is 31.1. The zero-order valence-electron chi connectivity index (χ0n) is 23.9. The first-order valence-corrected chi connectivity index (χ1v) is 16.0. The van der Waals surface area contributed by atoms with Crippen molar-refractivity contribution >= 4 is 21.6 Å². The van der Waals surface area contributed by atoms with Crippen molar-refractivity contribution in [1.82, 2.24) is 14.6 Å². The van der Waals surface area contributed by atoms with E-state index in [9.17, 15) is 22.0 Å². The molecule has 1 saturated heterocycles. The molecule has 2 fully saturated rings. The summed E-state index contributed by atoms with van der Waals surface area (Å²) >= 11 is 0. The molecule has 8 nitrogen and oxygen atoms in total. The van der Waals surface area contributed by atoms with Crippen LogP contribution in [0, 0.1) is 24.4 Å². The number of piperazine rings is 1. The lowest BCUT2D eigenvalue weighted by Gasteiger charge is -2.35. The van der Waals surface area contributed by atoms with Gasteiger partial charge in [0, 0.05) is 37.2 Å². The Morgan fingerprint density at radius 3 is 2.53 bits per heavy atom. The Hall–Kier alpha value is -3.32. The molecule has 1 aliphatic carbocycles. The lowest BCUT2D eigenvalue weighted by Crippen LogP contribution is -2.54. The average molecular weight is 616 g/mol. The third-order valence-electron chi connectivity index (χ3n) is 8.11. The molecule has 0 unspecified atom stereocenters. The van der Waals surface area contributed by atoms with Crippen molar-refractivity contribution < 1.29 is 26.4 Å². The van der Waals surface area contributed by atoms with Gasteiger partial charge in [-0.15, -0.1) is 0 Å². The lowest BCUT2D eigenvalue weighted by atomic mass is 9.84. The Balaban J connectivity index is 1.32. The number of aryl methyl sites for hydroxylation is 1. The molecule has 2 aliphatic rings. The van der Waals surface area contributed by atoms with Crippen molar-refractivity contribution in [3.63, 3.8) is 0 Å². The molecule has 4 N–H and O–H groups in total. The summed E-state index contributed by atoms with van der Waals surface area (Å²) in [5, 5.41) is 5.65. The van der Waals surface area contributed by atoms with Gasteiger partial charge in [0.15, 0.2) is 0 Å². The van der Waals surface area contributed by atoms with E-state index in [1.165, 1.54) is 42.6 Å². The molecule has 0 radical (unpaired) electrons. The van der Waals surface area contributed by atoms with E-state index in [1.807, 2.05) is 0 Å². The summed E-state index contributed by atoms with van der Waals surface area (Å²) in [6, 6.07) is 8.36. The summed E-state index contributed by atoms with van der Waals surface area (Å²) in [6.07, 6.45) is 5.00. The van der Waals surface area contributed by atoms with Crippen LogP contribution in [0.15, 0.2) is 54.9 Å². The highest BCUT2D eigenvalue weighted by atomic mass is 32.2. The highest BCUT2D eigenvalue weighted by molar-refractivity contribution is 7.90. The molecule has 43 heavy (non-hydrogen) atoms. The summed E-state index contributed by atoms with van der Waals surface area (Å²) in [7, 11) is -3.34. The monoisotopic (exact) mass is 615 g/mol. The maximum Gasteiger partial charge on any atom is 0.242 e. The summed E-state index contributed by atoms with van der Waals surface area (Å²) in [5.74, 6) is -3.04. The number of nitrogens with one attached hydrogen (secondary N) is 2. The molecule has 1 aromatic heterocycles. The van der Waals surface area contributed by atoms with Gasteiger partial charge in [-0.05, 0) is 80.0 Å². The minimum absolute atomic E-state index is 0.151. The van der Waals surface area contributed by atoms with Crippen LogP contribution in [-0.2, 0) is 21.2 Å². The fourth-order valence-corrected chi connectivity index (χ4v) is 7.86. The van der Waals surface area contributed by atoms with E-state index in [1.54, 1.807) is 17.3 Å². The number of halogens is 3. The first-order chi connectivity index (χ1) is 20.5. The van der Waals surface area contributed by atoms with E-state index in [-0.39, 0.29) is 29.0 Å². The van der Waals surface area contributed by atoms with Gasteiger partial charge in [-0.1, -0.05) is 18.2 Å². The number of carbonyl (C=O) groups excluding carboxylic acids is 1. The number of hydrogen-bond donors (Lipinski definition) is 3. The molecule has 0 bridgehead atoms. The number of anilines is 1. The van der Waals surface area contributed by atoms with Gasteiger partial charge < -0.3 is 16.4 Å². The second-order valence-electron chi connectivity index (χ2n) is 11.4. The Labute approximate surface area is 249 Å². The molecule has 5 rings (SSSR count). The van der Waals surface area contributed by atoms with Crippen LogP contribution in [0.2, 0.25) is 0 Å². The van der Waals surface area contributed by atoms with Crippen molar-refractivity contribution in [3.05, 3.63) is 94.6 Å². The number of benzene rings is 2.